The molecule has 2 amide bonds. The third-order valence-corrected chi connectivity index (χ3v) is 5.78. The molecular weight excluding hydrogens is 320 g/mol. The van der Waals surface area contributed by atoms with Crippen molar-refractivity contribution in [2.45, 2.75) is 64.1 Å². The number of carbonyl (C=O) groups excluding carboxylic acids is 2. The molecule has 0 aromatic heterocycles. The van der Waals surface area contributed by atoms with Gasteiger partial charge < -0.3 is 10.1 Å². The molecule has 1 N–H and O–H groups in total. The van der Waals surface area contributed by atoms with Gasteiger partial charge in [0.2, 0.25) is 5.91 Å². The number of likely N-dealkylation sites (tertiary alicyclic amines) is 1. The molecule has 0 saturated carbocycles. The van der Waals surface area contributed by atoms with Crippen LogP contribution in [-0.4, -0.2) is 61.1 Å². The first-order chi connectivity index (χ1) is 10.6. The highest BCUT2D eigenvalue weighted by atomic mass is 32.2. The first-order valence-electron chi connectivity index (χ1n) is 8.08. The lowest BCUT2D eigenvalue weighted by atomic mass is 10.0. The molecule has 2 fully saturated rings. The molecule has 2 atom stereocenters. The summed E-state index contributed by atoms with van der Waals surface area (Å²) in [5, 5.41) is 2.78. The van der Waals surface area contributed by atoms with Crippen molar-refractivity contribution in [3.05, 3.63) is 0 Å². The lowest BCUT2D eigenvalue weighted by Gasteiger charge is -2.36. The number of carbonyl (C=O) groups is 2. The highest BCUT2D eigenvalue weighted by molar-refractivity contribution is 7.91. The summed E-state index contributed by atoms with van der Waals surface area (Å²) in [5.74, 6) is -0.186. The molecule has 0 radical (unpaired) electrons. The van der Waals surface area contributed by atoms with E-state index in [1.54, 1.807) is 20.8 Å². The van der Waals surface area contributed by atoms with Gasteiger partial charge in [-0.25, -0.2) is 13.2 Å². The summed E-state index contributed by atoms with van der Waals surface area (Å²) in [5.41, 5.74) is -0.616. The summed E-state index contributed by atoms with van der Waals surface area (Å²) in [6.45, 7) is 5.84. The molecule has 7 nitrogen and oxygen atoms in total. The van der Waals surface area contributed by atoms with Crippen LogP contribution in [0.2, 0.25) is 0 Å². The number of sulfone groups is 1. The van der Waals surface area contributed by atoms with Crippen molar-refractivity contribution < 1.29 is 22.7 Å². The number of nitrogens with zero attached hydrogens (tertiary/aromatic N) is 1. The van der Waals surface area contributed by atoms with E-state index in [1.165, 1.54) is 4.90 Å². The van der Waals surface area contributed by atoms with Crippen molar-refractivity contribution in [1.82, 2.24) is 10.2 Å². The van der Waals surface area contributed by atoms with Gasteiger partial charge in [-0.15, -0.1) is 0 Å². The summed E-state index contributed by atoms with van der Waals surface area (Å²) in [4.78, 5) is 26.3. The molecule has 0 bridgehead atoms. The Bertz CT molecular complexity index is 567. The van der Waals surface area contributed by atoms with Gasteiger partial charge >= 0.3 is 6.09 Å². The van der Waals surface area contributed by atoms with E-state index in [-0.39, 0.29) is 23.5 Å². The largest absolute Gasteiger partial charge is 0.444 e. The average molecular weight is 346 g/mol. The topological polar surface area (TPSA) is 92.8 Å². The van der Waals surface area contributed by atoms with Crippen LogP contribution in [0.3, 0.4) is 0 Å². The number of piperidine rings is 1. The Morgan fingerprint density at radius 2 is 1.87 bits per heavy atom. The maximum absolute atomic E-state index is 12.5. The van der Waals surface area contributed by atoms with Gasteiger partial charge in [-0.3, -0.25) is 9.69 Å². The highest BCUT2D eigenvalue weighted by Crippen LogP contribution is 2.21. The lowest BCUT2D eigenvalue weighted by molar-refractivity contribution is -0.128. The molecule has 2 aliphatic rings. The van der Waals surface area contributed by atoms with Crippen LogP contribution in [0.25, 0.3) is 0 Å². The van der Waals surface area contributed by atoms with Crippen LogP contribution in [-0.2, 0) is 19.4 Å². The molecule has 2 saturated heterocycles. The van der Waals surface area contributed by atoms with Crippen LogP contribution in [0, 0.1) is 0 Å². The number of ether oxygens (including phenoxy) is 1. The lowest BCUT2D eigenvalue weighted by Crippen LogP contribution is -2.54. The van der Waals surface area contributed by atoms with Gasteiger partial charge in [0.05, 0.1) is 11.5 Å². The Balaban J connectivity index is 2.00. The van der Waals surface area contributed by atoms with Crippen LogP contribution in [0.15, 0.2) is 0 Å². The van der Waals surface area contributed by atoms with Crippen molar-refractivity contribution in [3.8, 4) is 0 Å². The van der Waals surface area contributed by atoms with Crippen LogP contribution in [0.5, 0.6) is 0 Å². The van der Waals surface area contributed by atoms with Crippen molar-refractivity contribution in [2.24, 2.45) is 0 Å². The van der Waals surface area contributed by atoms with E-state index in [1.807, 2.05) is 0 Å². The van der Waals surface area contributed by atoms with Gasteiger partial charge in [0, 0.05) is 12.6 Å². The summed E-state index contributed by atoms with van der Waals surface area (Å²) >= 11 is 0. The third-order valence-electron chi connectivity index (χ3n) is 4.01. The summed E-state index contributed by atoms with van der Waals surface area (Å²) < 4.78 is 28.4. The fourth-order valence-corrected chi connectivity index (χ4v) is 4.62. The molecule has 8 heteroatoms. The third kappa shape index (κ3) is 5.09. The quantitative estimate of drug-likeness (QED) is 0.807. The molecule has 0 unspecified atom stereocenters. The molecule has 132 valence electrons. The van der Waals surface area contributed by atoms with Crippen LogP contribution < -0.4 is 5.32 Å². The molecule has 23 heavy (non-hydrogen) atoms. The smallest absolute Gasteiger partial charge is 0.410 e. The number of nitrogens with one attached hydrogen (secondary N) is 1. The van der Waals surface area contributed by atoms with Crippen LogP contribution in [0.1, 0.15) is 46.5 Å². The van der Waals surface area contributed by atoms with E-state index >= 15 is 0 Å². The van der Waals surface area contributed by atoms with E-state index in [0.717, 1.165) is 12.8 Å². The number of hydrogen-bond donors (Lipinski definition) is 1. The molecule has 2 heterocycles. The second-order valence-electron chi connectivity index (χ2n) is 7.29. The summed E-state index contributed by atoms with van der Waals surface area (Å²) in [6.07, 6.45) is 2.22. The second-order valence-corrected chi connectivity index (χ2v) is 9.52. The Kier molecular flexibility index (Phi) is 5.23. The van der Waals surface area contributed by atoms with Crippen molar-refractivity contribution in [3.63, 3.8) is 0 Å². The molecule has 0 aromatic rings. The van der Waals surface area contributed by atoms with Crippen molar-refractivity contribution >= 4 is 21.8 Å². The summed E-state index contributed by atoms with van der Waals surface area (Å²) in [7, 11) is -3.05. The van der Waals surface area contributed by atoms with Gasteiger partial charge in [0.15, 0.2) is 9.84 Å². The Morgan fingerprint density at radius 1 is 1.17 bits per heavy atom. The summed E-state index contributed by atoms with van der Waals surface area (Å²) in [6, 6.07) is -0.934. The van der Waals surface area contributed by atoms with Crippen molar-refractivity contribution in [2.75, 3.05) is 18.1 Å². The Hall–Kier alpha value is -1.31. The van der Waals surface area contributed by atoms with Gasteiger partial charge in [-0.05, 0) is 46.5 Å². The fraction of sp³-hybridized carbons (Fsp3) is 0.867. The minimum absolute atomic E-state index is 0.0160. The molecule has 0 aliphatic carbocycles. The predicted octanol–water partition coefficient (Wildman–Crippen LogP) is 1.08. The number of rotatable bonds is 2. The average Bonchev–Trinajstić information content (AvgIpc) is 2.76. The minimum atomic E-state index is -3.05. The van der Waals surface area contributed by atoms with Gasteiger partial charge in [0.1, 0.15) is 11.6 Å². The maximum atomic E-state index is 12.5. The van der Waals surface area contributed by atoms with Gasteiger partial charge in [0.25, 0.3) is 0 Å². The highest BCUT2D eigenvalue weighted by Gasteiger charge is 2.37. The SMILES string of the molecule is CC(C)(C)OC(=O)N1CCCC[C@H]1C(=O)N[C@H]1CCS(=O)(=O)C1. The van der Waals surface area contributed by atoms with Gasteiger partial charge in [-0.1, -0.05) is 0 Å². The molecular formula is C15H26N2O5S. The Morgan fingerprint density at radius 3 is 2.43 bits per heavy atom. The molecule has 0 aromatic carbocycles. The second kappa shape index (κ2) is 6.67. The normalized spacial score (nSPS) is 27.5. The molecule has 2 rings (SSSR count). The van der Waals surface area contributed by atoms with E-state index in [0.29, 0.717) is 19.4 Å². The standard InChI is InChI=1S/C15H26N2O5S/c1-15(2,3)22-14(19)17-8-5-4-6-12(17)13(18)16-11-7-9-23(20,21)10-11/h11-12H,4-10H2,1-3H3,(H,16,18)/t11-,12-/m0/s1. The molecule has 2 aliphatic heterocycles. The van der Waals surface area contributed by atoms with E-state index in [4.69, 9.17) is 4.74 Å². The van der Waals surface area contributed by atoms with Crippen LogP contribution in [0.4, 0.5) is 4.79 Å². The van der Waals surface area contributed by atoms with Gasteiger partial charge in [-0.2, -0.15) is 0 Å². The predicted molar refractivity (Wildman–Crippen MR) is 85.8 cm³/mol. The number of amides is 2. The van der Waals surface area contributed by atoms with E-state index in [2.05, 4.69) is 5.32 Å². The minimum Gasteiger partial charge on any atom is -0.444 e. The first-order valence-corrected chi connectivity index (χ1v) is 9.90. The van der Waals surface area contributed by atoms with Crippen LogP contribution >= 0.6 is 0 Å². The maximum Gasteiger partial charge on any atom is 0.410 e. The van der Waals surface area contributed by atoms with Crippen molar-refractivity contribution in [1.29, 1.82) is 0 Å². The first kappa shape index (κ1) is 18.0. The Labute approximate surface area is 137 Å². The zero-order valence-electron chi connectivity index (χ0n) is 14.0. The number of hydrogen-bond acceptors (Lipinski definition) is 5. The monoisotopic (exact) mass is 346 g/mol. The van der Waals surface area contributed by atoms with E-state index in [9.17, 15) is 18.0 Å². The van der Waals surface area contributed by atoms with E-state index < -0.39 is 27.6 Å². The zero-order valence-corrected chi connectivity index (χ0v) is 14.8. The fourth-order valence-electron chi connectivity index (χ4n) is 2.95. The zero-order chi connectivity index (χ0) is 17.3. The molecule has 0 spiro atoms.